The summed E-state index contributed by atoms with van der Waals surface area (Å²) in [5, 5.41) is 1.02. The predicted molar refractivity (Wildman–Crippen MR) is 67.4 cm³/mol. The van der Waals surface area contributed by atoms with Crippen molar-refractivity contribution >= 4 is 38.4 Å². The van der Waals surface area contributed by atoms with Crippen LogP contribution in [0.2, 0.25) is 0 Å². The third kappa shape index (κ3) is 1.59. The highest BCUT2D eigenvalue weighted by atomic mass is 32.1. The Hall–Kier alpha value is -1.88. The van der Waals surface area contributed by atoms with Crippen LogP contribution in [0.15, 0.2) is 23.7 Å². The molecule has 2 aromatic heterocycles. The minimum absolute atomic E-state index is 0.318. The molecule has 86 valence electrons. The van der Waals surface area contributed by atoms with E-state index in [1.165, 1.54) is 0 Å². The van der Waals surface area contributed by atoms with Gasteiger partial charge < -0.3 is 9.72 Å². The van der Waals surface area contributed by atoms with Gasteiger partial charge in [-0.3, -0.25) is 0 Å². The zero-order valence-corrected chi connectivity index (χ0v) is 10.0. The Kier molecular flexibility index (Phi) is 2.33. The second-order valence-electron chi connectivity index (χ2n) is 3.63. The molecular formula is C12H10N2O2S. The summed E-state index contributed by atoms with van der Waals surface area (Å²) in [6.45, 7) is 2.17. The van der Waals surface area contributed by atoms with E-state index in [4.69, 9.17) is 4.74 Å². The SMILES string of the molecule is CCOC(=O)c1cc2c(ccc3ncsc32)[nH]1. The number of esters is 1. The molecule has 0 atom stereocenters. The summed E-state index contributed by atoms with van der Waals surface area (Å²) in [4.78, 5) is 18.9. The van der Waals surface area contributed by atoms with E-state index in [-0.39, 0.29) is 5.97 Å². The second-order valence-corrected chi connectivity index (χ2v) is 4.49. The van der Waals surface area contributed by atoms with E-state index in [0.717, 1.165) is 21.1 Å². The van der Waals surface area contributed by atoms with Gasteiger partial charge in [0.05, 0.1) is 22.3 Å². The Morgan fingerprint density at radius 2 is 2.41 bits per heavy atom. The first kappa shape index (κ1) is 10.3. The van der Waals surface area contributed by atoms with Crippen LogP contribution in [0.5, 0.6) is 0 Å². The van der Waals surface area contributed by atoms with E-state index in [9.17, 15) is 4.79 Å². The normalized spacial score (nSPS) is 11.1. The molecule has 0 fully saturated rings. The molecule has 4 nitrogen and oxygen atoms in total. The lowest BCUT2D eigenvalue weighted by Gasteiger charge is -1.96. The minimum atomic E-state index is -0.318. The van der Waals surface area contributed by atoms with Gasteiger partial charge >= 0.3 is 5.97 Å². The first-order chi connectivity index (χ1) is 8.29. The average molecular weight is 246 g/mol. The number of aromatic nitrogens is 2. The zero-order chi connectivity index (χ0) is 11.8. The molecule has 3 aromatic rings. The van der Waals surface area contributed by atoms with Crippen LogP contribution >= 0.6 is 11.3 Å². The maximum atomic E-state index is 11.6. The quantitative estimate of drug-likeness (QED) is 0.707. The molecule has 0 saturated carbocycles. The van der Waals surface area contributed by atoms with Gasteiger partial charge in [0, 0.05) is 10.9 Å². The van der Waals surface area contributed by atoms with Crippen molar-refractivity contribution in [2.45, 2.75) is 6.92 Å². The summed E-state index contributed by atoms with van der Waals surface area (Å²) < 4.78 is 6.06. The van der Waals surface area contributed by atoms with Crippen LogP contribution in [0.1, 0.15) is 17.4 Å². The molecule has 1 N–H and O–H groups in total. The van der Waals surface area contributed by atoms with Crippen LogP contribution in [0.25, 0.3) is 21.1 Å². The van der Waals surface area contributed by atoms with Crippen molar-refractivity contribution in [2.75, 3.05) is 6.61 Å². The Morgan fingerprint density at radius 3 is 3.24 bits per heavy atom. The van der Waals surface area contributed by atoms with E-state index in [1.54, 1.807) is 23.8 Å². The topological polar surface area (TPSA) is 55.0 Å². The second kappa shape index (κ2) is 3.85. The van der Waals surface area contributed by atoms with Crippen molar-refractivity contribution in [3.63, 3.8) is 0 Å². The van der Waals surface area contributed by atoms with E-state index >= 15 is 0 Å². The minimum Gasteiger partial charge on any atom is -0.461 e. The maximum absolute atomic E-state index is 11.6. The van der Waals surface area contributed by atoms with Crippen molar-refractivity contribution in [3.05, 3.63) is 29.4 Å². The standard InChI is InChI=1S/C12H10N2O2S/c1-2-16-12(15)10-5-7-8(14-10)3-4-9-11(7)17-6-13-9/h3-6,14H,2H2,1H3. The lowest BCUT2D eigenvalue weighted by molar-refractivity contribution is 0.0520. The van der Waals surface area contributed by atoms with Crippen molar-refractivity contribution in [2.24, 2.45) is 0 Å². The number of H-pyrrole nitrogens is 1. The molecule has 0 unspecified atom stereocenters. The molecule has 3 rings (SSSR count). The number of benzene rings is 1. The van der Waals surface area contributed by atoms with Gasteiger partial charge in [0.1, 0.15) is 5.69 Å². The van der Waals surface area contributed by atoms with Gasteiger partial charge in [-0.1, -0.05) is 0 Å². The summed E-state index contributed by atoms with van der Waals surface area (Å²) in [7, 11) is 0. The highest BCUT2D eigenvalue weighted by molar-refractivity contribution is 7.17. The fourth-order valence-electron chi connectivity index (χ4n) is 1.85. The van der Waals surface area contributed by atoms with Crippen LogP contribution in [-0.4, -0.2) is 22.5 Å². The molecule has 0 aliphatic carbocycles. The van der Waals surface area contributed by atoms with Crippen molar-refractivity contribution < 1.29 is 9.53 Å². The first-order valence-corrected chi connectivity index (χ1v) is 6.19. The molecule has 0 bridgehead atoms. The van der Waals surface area contributed by atoms with Crippen molar-refractivity contribution in [1.29, 1.82) is 0 Å². The third-order valence-corrected chi connectivity index (χ3v) is 3.47. The van der Waals surface area contributed by atoms with E-state index in [0.29, 0.717) is 12.3 Å². The van der Waals surface area contributed by atoms with Crippen LogP contribution in [0.4, 0.5) is 0 Å². The Balaban J connectivity index is 2.20. The molecule has 0 amide bonds. The van der Waals surface area contributed by atoms with Gasteiger partial charge in [-0.2, -0.15) is 0 Å². The molecule has 2 heterocycles. The van der Waals surface area contributed by atoms with Crippen LogP contribution in [0.3, 0.4) is 0 Å². The lowest BCUT2D eigenvalue weighted by atomic mass is 10.2. The number of rotatable bonds is 2. The number of nitrogens with zero attached hydrogens (tertiary/aromatic N) is 1. The number of ether oxygens (including phenoxy) is 1. The largest absolute Gasteiger partial charge is 0.461 e. The molecule has 5 heteroatoms. The van der Waals surface area contributed by atoms with Crippen LogP contribution in [-0.2, 0) is 4.74 Å². The number of nitrogens with one attached hydrogen (secondary N) is 1. The highest BCUT2D eigenvalue weighted by Gasteiger charge is 2.12. The molecule has 0 radical (unpaired) electrons. The molecule has 0 aliphatic heterocycles. The highest BCUT2D eigenvalue weighted by Crippen LogP contribution is 2.28. The first-order valence-electron chi connectivity index (χ1n) is 5.31. The molecule has 17 heavy (non-hydrogen) atoms. The monoisotopic (exact) mass is 246 g/mol. The number of fused-ring (bicyclic) bond motifs is 3. The van der Waals surface area contributed by atoms with E-state index in [1.807, 2.05) is 18.2 Å². The summed E-state index contributed by atoms with van der Waals surface area (Å²) in [6.07, 6.45) is 0. The lowest BCUT2D eigenvalue weighted by Crippen LogP contribution is -2.04. The number of aromatic amines is 1. The van der Waals surface area contributed by atoms with Gasteiger partial charge in [-0.25, -0.2) is 9.78 Å². The smallest absolute Gasteiger partial charge is 0.354 e. The predicted octanol–water partition coefficient (Wildman–Crippen LogP) is 2.95. The molecule has 0 spiro atoms. The Morgan fingerprint density at radius 1 is 1.53 bits per heavy atom. The summed E-state index contributed by atoms with van der Waals surface area (Å²) >= 11 is 1.57. The molecule has 0 aliphatic rings. The number of hydrogen-bond acceptors (Lipinski definition) is 4. The zero-order valence-electron chi connectivity index (χ0n) is 9.19. The number of carbonyl (C=O) groups excluding carboxylic acids is 1. The van der Waals surface area contributed by atoms with Gasteiger partial charge in [-0.15, -0.1) is 11.3 Å². The van der Waals surface area contributed by atoms with Crippen molar-refractivity contribution in [1.82, 2.24) is 9.97 Å². The summed E-state index contributed by atoms with van der Waals surface area (Å²) in [5.74, 6) is -0.318. The third-order valence-electron chi connectivity index (χ3n) is 2.59. The van der Waals surface area contributed by atoms with E-state index in [2.05, 4.69) is 9.97 Å². The maximum Gasteiger partial charge on any atom is 0.354 e. The fourth-order valence-corrected chi connectivity index (χ4v) is 2.66. The average Bonchev–Trinajstić information content (AvgIpc) is 2.94. The van der Waals surface area contributed by atoms with Crippen LogP contribution in [0, 0.1) is 0 Å². The molecule has 1 aromatic carbocycles. The van der Waals surface area contributed by atoms with Gasteiger partial charge in [0.25, 0.3) is 0 Å². The van der Waals surface area contributed by atoms with Gasteiger partial charge in [0.15, 0.2) is 0 Å². The number of hydrogen-bond donors (Lipinski definition) is 1. The number of carbonyl (C=O) groups is 1. The summed E-state index contributed by atoms with van der Waals surface area (Å²) in [6, 6.07) is 5.70. The van der Waals surface area contributed by atoms with Crippen LogP contribution < -0.4 is 0 Å². The van der Waals surface area contributed by atoms with Crippen molar-refractivity contribution in [3.8, 4) is 0 Å². The molecular weight excluding hydrogens is 236 g/mol. The fraction of sp³-hybridized carbons (Fsp3) is 0.167. The molecule has 0 saturated heterocycles. The van der Waals surface area contributed by atoms with Gasteiger partial charge in [-0.05, 0) is 25.1 Å². The Labute approximate surface area is 101 Å². The Bertz CT molecular complexity index is 699. The summed E-state index contributed by atoms with van der Waals surface area (Å²) in [5.41, 5.74) is 4.19. The van der Waals surface area contributed by atoms with E-state index < -0.39 is 0 Å². The number of thiazole rings is 1. The van der Waals surface area contributed by atoms with Gasteiger partial charge in [0.2, 0.25) is 0 Å².